The van der Waals surface area contributed by atoms with Gasteiger partial charge in [0.25, 0.3) is 0 Å². The number of nitrogen functional groups attached to an aromatic ring is 1. The molecule has 5 N–H and O–H groups in total. The predicted octanol–water partition coefficient (Wildman–Crippen LogP) is 4.12. The molecule has 0 spiro atoms. The Morgan fingerprint density at radius 3 is 2.04 bits per heavy atom. The van der Waals surface area contributed by atoms with Gasteiger partial charge < -0.3 is 16.4 Å². The van der Waals surface area contributed by atoms with Crippen molar-refractivity contribution in [3.8, 4) is 0 Å². The van der Waals surface area contributed by atoms with E-state index in [0.29, 0.717) is 30.8 Å². The van der Waals surface area contributed by atoms with Crippen LogP contribution in [0, 0.1) is 0 Å². The summed E-state index contributed by atoms with van der Waals surface area (Å²) >= 11 is 3.97. The Hall–Kier alpha value is -2.51. The molecule has 0 fully saturated rings. The lowest BCUT2D eigenvalue weighted by atomic mass is 10.1. The molecule has 0 aliphatic rings. The average molecular weight is 401 g/mol. The Morgan fingerprint density at radius 1 is 0.821 bits per heavy atom. The first kappa shape index (κ1) is 21.8. The van der Waals surface area contributed by atoms with Gasteiger partial charge in [0, 0.05) is 25.1 Å². The number of para-hydroxylation sites is 2. The standard InChI is InChI=1S/C21H28N4O2S/c22-18-7-5-6-8-19(18)25-21(27)10-4-2-1-3-9-20(26)24-17-13-11-16(12-14-17)15-23-28/h5-8,11-14,23,28H,1-4,9-10,15,22H2,(H,24,26)(H,25,27). The van der Waals surface area contributed by atoms with Gasteiger partial charge >= 0.3 is 0 Å². The van der Waals surface area contributed by atoms with Crippen molar-refractivity contribution in [3.63, 3.8) is 0 Å². The van der Waals surface area contributed by atoms with Crippen molar-refractivity contribution in [2.75, 3.05) is 16.4 Å². The van der Waals surface area contributed by atoms with Crippen LogP contribution in [0.2, 0.25) is 0 Å². The van der Waals surface area contributed by atoms with E-state index in [0.717, 1.165) is 36.9 Å². The molecule has 0 saturated heterocycles. The molecule has 6 nitrogen and oxygen atoms in total. The van der Waals surface area contributed by atoms with Gasteiger partial charge in [0.05, 0.1) is 11.4 Å². The van der Waals surface area contributed by atoms with Crippen molar-refractivity contribution < 1.29 is 9.59 Å². The molecule has 0 saturated carbocycles. The Kier molecular flexibility index (Phi) is 9.37. The summed E-state index contributed by atoms with van der Waals surface area (Å²) in [6.07, 6.45) is 4.36. The number of unbranched alkanes of at least 4 members (excludes halogenated alkanes) is 3. The predicted molar refractivity (Wildman–Crippen MR) is 118 cm³/mol. The fourth-order valence-electron chi connectivity index (χ4n) is 2.77. The van der Waals surface area contributed by atoms with Crippen LogP contribution in [-0.2, 0) is 16.1 Å². The smallest absolute Gasteiger partial charge is 0.224 e. The molecule has 0 atom stereocenters. The van der Waals surface area contributed by atoms with Gasteiger partial charge in [0.2, 0.25) is 11.8 Å². The monoisotopic (exact) mass is 400 g/mol. The normalized spacial score (nSPS) is 10.5. The fraction of sp³-hybridized carbons (Fsp3) is 0.333. The van der Waals surface area contributed by atoms with Gasteiger partial charge in [0.15, 0.2) is 0 Å². The molecule has 2 aromatic rings. The van der Waals surface area contributed by atoms with Crippen molar-refractivity contribution in [3.05, 3.63) is 54.1 Å². The lowest BCUT2D eigenvalue weighted by molar-refractivity contribution is -0.117. The lowest BCUT2D eigenvalue weighted by Gasteiger charge is -2.08. The molecule has 0 aliphatic carbocycles. The Bertz CT molecular complexity index is 765. The second kappa shape index (κ2) is 12.0. The number of carbonyl (C=O) groups excluding carboxylic acids is 2. The van der Waals surface area contributed by atoms with Crippen LogP contribution in [0.3, 0.4) is 0 Å². The van der Waals surface area contributed by atoms with Crippen molar-refractivity contribution in [1.82, 2.24) is 4.72 Å². The van der Waals surface area contributed by atoms with Crippen LogP contribution in [0.25, 0.3) is 0 Å². The third-order valence-corrected chi connectivity index (χ3v) is 4.47. The van der Waals surface area contributed by atoms with E-state index < -0.39 is 0 Å². The fourth-order valence-corrected chi connectivity index (χ4v) is 2.95. The van der Waals surface area contributed by atoms with Crippen molar-refractivity contribution in [2.24, 2.45) is 0 Å². The molecule has 2 amide bonds. The van der Waals surface area contributed by atoms with E-state index in [1.165, 1.54) is 0 Å². The van der Waals surface area contributed by atoms with E-state index >= 15 is 0 Å². The molecule has 2 rings (SSSR count). The molecule has 150 valence electrons. The minimum Gasteiger partial charge on any atom is -0.397 e. The van der Waals surface area contributed by atoms with Gasteiger partial charge in [-0.25, -0.2) is 0 Å². The minimum absolute atomic E-state index is 0.0115. The van der Waals surface area contributed by atoms with Gasteiger partial charge in [-0.2, -0.15) is 0 Å². The minimum atomic E-state index is -0.0350. The summed E-state index contributed by atoms with van der Waals surface area (Å²) in [6, 6.07) is 14.9. The van der Waals surface area contributed by atoms with Crippen LogP contribution < -0.4 is 21.1 Å². The lowest BCUT2D eigenvalue weighted by Crippen LogP contribution is -2.12. The summed E-state index contributed by atoms with van der Waals surface area (Å²) in [5.41, 5.74) is 8.93. The number of anilines is 3. The third-order valence-electron chi connectivity index (χ3n) is 4.31. The van der Waals surface area contributed by atoms with E-state index in [4.69, 9.17) is 5.73 Å². The van der Waals surface area contributed by atoms with Gasteiger partial charge in [-0.1, -0.05) is 49.9 Å². The number of carbonyl (C=O) groups is 2. The van der Waals surface area contributed by atoms with Gasteiger partial charge in [-0.15, -0.1) is 0 Å². The van der Waals surface area contributed by atoms with Crippen LogP contribution in [0.15, 0.2) is 48.5 Å². The molecule has 7 heteroatoms. The van der Waals surface area contributed by atoms with Crippen LogP contribution >= 0.6 is 12.8 Å². The molecule has 0 aliphatic heterocycles. The molecule has 0 unspecified atom stereocenters. The topological polar surface area (TPSA) is 96.2 Å². The Morgan fingerprint density at radius 2 is 1.43 bits per heavy atom. The Balaban J connectivity index is 1.55. The summed E-state index contributed by atoms with van der Waals surface area (Å²) in [4.78, 5) is 23.9. The summed E-state index contributed by atoms with van der Waals surface area (Å²) in [6.45, 7) is 0.675. The number of benzene rings is 2. The molecular weight excluding hydrogens is 372 g/mol. The van der Waals surface area contributed by atoms with Crippen LogP contribution in [0.1, 0.15) is 44.1 Å². The first-order valence-corrected chi connectivity index (χ1v) is 9.93. The number of nitrogens with two attached hydrogens (primary N) is 1. The maximum atomic E-state index is 12.0. The number of amides is 2. The third kappa shape index (κ3) is 8.02. The van der Waals surface area contributed by atoms with E-state index in [1.54, 1.807) is 12.1 Å². The SMILES string of the molecule is Nc1ccccc1NC(=O)CCCCCCC(=O)Nc1ccc(CNS)cc1. The number of rotatable bonds is 11. The van der Waals surface area contributed by atoms with Crippen LogP contribution in [0.5, 0.6) is 0 Å². The zero-order valence-electron chi connectivity index (χ0n) is 15.9. The zero-order valence-corrected chi connectivity index (χ0v) is 16.8. The summed E-state index contributed by atoms with van der Waals surface area (Å²) in [5, 5.41) is 5.72. The van der Waals surface area contributed by atoms with Gasteiger partial charge in [0.1, 0.15) is 0 Å². The molecule has 0 heterocycles. The quantitative estimate of drug-likeness (QED) is 0.223. The molecule has 0 aromatic heterocycles. The van der Waals surface area contributed by atoms with Crippen molar-refractivity contribution in [2.45, 2.75) is 45.1 Å². The van der Waals surface area contributed by atoms with E-state index in [2.05, 4.69) is 28.2 Å². The van der Waals surface area contributed by atoms with Crippen LogP contribution in [-0.4, -0.2) is 11.8 Å². The molecule has 0 radical (unpaired) electrons. The highest BCUT2D eigenvalue weighted by Gasteiger charge is 2.06. The molecular formula is C21H28N4O2S. The summed E-state index contributed by atoms with van der Waals surface area (Å²) in [5.74, 6) is -0.0235. The number of nitrogens with one attached hydrogen (secondary N) is 3. The summed E-state index contributed by atoms with van der Waals surface area (Å²) in [7, 11) is 0. The number of hydrogen-bond acceptors (Lipinski definition) is 5. The second-order valence-corrected chi connectivity index (χ2v) is 6.95. The molecule has 2 aromatic carbocycles. The van der Waals surface area contributed by atoms with E-state index in [9.17, 15) is 9.59 Å². The largest absolute Gasteiger partial charge is 0.397 e. The van der Waals surface area contributed by atoms with E-state index in [1.807, 2.05) is 36.4 Å². The maximum Gasteiger partial charge on any atom is 0.224 e. The highest BCUT2D eigenvalue weighted by Crippen LogP contribution is 2.17. The van der Waals surface area contributed by atoms with Crippen molar-refractivity contribution in [1.29, 1.82) is 0 Å². The Labute approximate surface area is 171 Å². The van der Waals surface area contributed by atoms with Crippen LogP contribution in [0.4, 0.5) is 17.1 Å². The summed E-state index contributed by atoms with van der Waals surface area (Å²) < 4.78 is 2.79. The van der Waals surface area contributed by atoms with E-state index in [-0.39, 0.29) is 11.8 Å². The van der Waals surface area contributed by atoms with Crippen molar-refractivity contribution >= 4 is 41.7 Å². The van der Waals surface area contributed by atoms with Gasteiger partial charge in [-0.05, 0) is 42.7 Å². The average Bonchev–Trinajstić information content (AvgIpc) is 2.68. The molecule has 28 heavy (non-hydrogen) atoms. The highest BCUT2D eigenvalue weighted by atomic mass is 32.1. The number of thiol groups is 1. The molecule has 0 bridgehead atoms. The first-order valence-electron chi connectivity index (χ1n) is 9.48. The maximum absolute atomic E-state index is 12.0. The zero-order chi connectivity index (χ0) is 20.2. The highest BCUT2D eigenvalue weighted by molar-refractivity contribution is 7.78. The number of hydrogen-bond donors (Lipinski definition) is 5. The second-order valence-electron chi connectivity index (χ2n) is 6.63. The first-order chi connectivity index (χ1) is 13.6. The van der Waals surface area contributed by atoms with Gasteiger partial charge in [-0.3, -0.25) is 14.3 Å².